The number of ether oxygens (including phenoxy) is 3. The van der Waals surface area contributed by atoms with E-state index >= 15 is 0 Å². The quantitative estimate of drug-likeness (QED) is 0.735. The summed E-state index contributed by atoms with van der Waals surface area (Å²) < 4.78 is 16.0. The van der Waals surface area contributed by atoms with Gasteiger partial charge in [-0.1, -0.05) is 24.3 Å². The van der Waals surface area contributed by atoms with Gasteiger partial charge in [-0.15, -0.1) is 0 Å². The van der Waals surface area contributed by atoms with E-state index in [9.17, 15) is 9.59 Å². The lowest BCUT2D eigenvalue weighted by Gasteiger charge is -2.16. The van der Waals surface area contributed by atoms with Crippen molar-refractivity contribution in [2.24, 2.45) is 5.92 Å². The fourth-order valence-corrected chi connectivity index (χ4v) is 3.62. The molecule has 140 valence electrons. The maximum Gasteiger partial charge on any atom is 0.233 e. The van der Waals surface area contributed by atoms with E-state index in [0.717, 1.165) is 22.6 Å². The number of hydrogen-bond acceptors (Lipinski definition) is 5. The minimum Gasteiger partial charge on any atom is -0.496 e. The highest BCUT2D eigenvalue weighted by Crippen LogP contribution is 2.33. The number of hydrogen-bond donors (Lipinski definition) is 0. The Morgan fingerprint density at radius 1 is 1.11 bits per heavy atom. The van der Waals surface area contributed by atoms with Crippen LogP contribution in [-0.2, 0) is 22.4 Å². The molecule has 2 aliphatic heterocycles. The smallest absolute Gasteiger partial charge is 0.233 e. The van der Waals surface area contributed by atoms with Crippen LogP contribution in [0.2, 0.25) is 0 Å². The van der Waals surface area contributed by atoms with Crippen molar-refractivity contribution in [3.63, 3.8) is 0 Å². The van der Waals surface area contributed by atoms with Crippen LogP contribution in [0.25, 0.3) is 0 Å². The summed E-state index contributed by atoms with van der Waals surface area (Å²) in [5, 5.41) is 0. The molecule has 2 heterocycles. The molecule has 6 nitrogen and oxygen atoms in total. The molecule has 1 fully saturated rings. The van der Waals surface area contributed by atoms with Crippen molar-refractivity contribution in [2.75, 3.05) is 20.4 Å². The number of nitrogens with zero attached hydrogens (tertiary/aromatic N) is 1. The van der Waals surface area contributed by atoms with Gasteiger partial charge in [0.25, 0.3) is 0 Å². The van der Waals surface area contributed by atoms with Crippen LogP contribution in [0, 0.1) is 5.92 Å². The van der Waals surface area contributed by atoms with Crippen LogP contribution in [0.5, 0.6) is 17.2 Å². The predicted octanol–water partition coefficient (Wildman–Crippen LogP) is 2.58. The van der Waals surface area contributed by atoms with Crippen LogP contribution >= 0.6 is 0 Å². The monoisotopic (exact) mass is 367 g/mol. The van der Waals surface area contributed by atoms with Crippen molar-refractivity contribution < 1.29 is 23.8 Å². The first-order valence-corrected chi connectivity index (χ1v) is 9.00. The Morgan fingerprint density at radius 3 is 2.78 bits per heavy atom. The Hall–Kier alpha value is -3.02. The van der Waals surface area contributed by atoms with E-state index in [1.165, 1.54) is 4.90 Å². The standard InChI is InChI=1S/C21H21NO5/c1-25-17-5-3-2-4-15(17)11-16-12-20(23)22(21(16)24)9-8-14-6-7-18-19(10-14)27-13-26-18/h2-7,10,16H,8-9,11-13H2,1H3. The number of fused-ring (bicyclic) bond motifs is 1. The third-order valence-electron chi connectivity index (χ3n) is 5.06. The van der Waals surface area contributed by atoms with Gasteiger partial charge in [0, 0.05) is 13.0 Å². The molecule has 27 heavy (non-hydrogen) atoms. The minimum absolute atomic E-state index is 0.105. The lowest BCUT2D eigenvalue weighted by Crippen LogP contribution is -2.33. The Balaban J connectivity index is 1.41. The summed E-state index contributed by atoms with van der Waals surface area (Å²) >= 11 is 0. The first-order chi connectivity index (χ1) is 13.2. The molecule has 0 radical (unpaired) electrons. The van der Waals surface area contributed by atoms with Gasteiger partial charge in [0.2, 0.25) is 18.6 Å². The summed E-state index contributed by atoms with van der Waals surface area (Å²) in [6, 6.07) is 13.3. The van der Waals surface area contributed by atoms with Gasteiger partial charge in [-0.05, 0) is 42.2 Å². The summed E-state index contributed by atoms with van der Waals surface area (Å²) in [5.74, 6) is 1.64. The first kappa shape index (κ1) is 17.4. The zero-order chi connectivity index (χ0) is 18.8. The number of benzene rings is 2. The SMILES string of the molecule is COc1ccccc1CC1CC(=O)N(CCc2ccc3c(c2)OCO3)C1=O. The van der Waals surface area contributed by atoms with Gasteiger partial charge < -0.3 is 14.2 Å². The van der Waals surface area contributed by atoms with Crippen molar-refractivity contribution in [3.05, 3.63) is 53.6 Å². The van der Waals surface area contributed by atoms with Gasteiger partial charge in [-0.3, -0.25) is 14.5 Å². The zero-order valence-corrected chi connectivity index (χ0v) is 15.1. The molecule has 2 aromatic carbocycles. The normalized spacial score (nSPS) is 18.3. The van der Waals surface area contributed by atoms with Gasteiger partial charge >= 0.3 is 0 Å². The molecule has 0 saturated carbocycles. The summed E-state index contributed by atoms with van der Waals surface area (Å²) in [7, 11) is 1.61. The molecule has 2 amide bonds. The molecule has 6 heteroatoms. The third kappa shape index (κ3) is 3.47. The second kappa shape index (κ2) is 7.31. The summed E-state index contributed by atoms with van der Waals surface area (Å²) in [5.41, 5.74) is 1.96. The molecule has 0 bridgehead atoms. The molecule has 1 saturated heterocycles. The number of amides is 2. The molecule has 2 aromatic rings. The topological polar surface area (TPSA) is 65.1 Å². The van der Waals surface area contributed by atoms with Crippen LogP contribution in [0.3, 0.4) is 0 Å². The van der Waals surface area contributed by atoms with Crippen molar-refractivity contribution >= 4 is 11.8 Å². The van der Waals surface area contributed by atoms with Crippen LogP contribution in [-0.4, -0.2) is 37.2 Å². The van der Waals surface area contributed by atoms with E-state index in [1.54, 1.807) is 7.11 Å². The zero-order valence-electron chi connectivity index (χ0n) is 15.1. The van der Waals surface area contributed by atoms with Gasteiger partial charge in [0.05, 0.1) is 13.0 Å². The van der Waals surface area contributed by atoms with E-state index in [1.807, 2.05) is 42.5 Å². The number of rotatable bonds is 6. The highest BCUT2D eigenvalue weighted by Gasteiger charge is 2.38. The molecule has 0 aliphatic carbocycles. The van der Waals surface area contributed by atoms with E-state index in [4.69, 9.17) is 14.2 Å². The first-order valence-electron chi connectivity index (χ1n) is 9.00. The number of methoxy groups -OCH3 is 1. The molecule has 1 atom stereocenters. The number of likely N-dealkylation sites (tertiary alicyclic amines) is 1. The summed E-state index contributed by atoms with van der Waals surface area (Å²) in [6.07, 6.45) is 1.35. The molecule has 1 unspecified atom stereocenters. The minimum atomic E-state index is -0.328. The van der Waals surface area contributed by atoms with E-state index in [0.29, 0.717) is 25.1 Å². The van der Waals surface area contributed by atoms with Crippen LogP contribution in [0.4, 0.5) is 0 Å². The van der Waals surface area contributed by atoms with Gasteiger partial charge in [0.1, 0.15) is 5.75 Å². The summed E-state index contributed by atoms with van der Waals surface area (Å²) in [6.45, 7) is 0.603. The van der Waals surface area contributed by atoms with Crippen LogP contribution < -0.4 is 14.2 Å². The molecule has 0 spiro atoms. The molecule has 0 N–H and O–H groups in total. The highest BCUT2D eigenvalue weighted by molar-refractivity contribution is 6.03. The van der Waals surface area contributed by atoms with Gasteiger partial charge in [-0.2, -0.15) is 0 Å². The highest BCUT2D eigenvalue weighted by atomic mass is 16.7. The number of carbonyl (C=O) groups is 2. The van der Waals surface area contributed by atoms with Crippen molar-refractivity contribution in [3.8, 4) is 17.2 Å². The Morgan fingerprint density at radius 2 is 1.93 bits per heavy atom. The molecule has 2 aliphatic rings. The maximum absolute atomic E-state index is 12.7. The number of carbonyl (C=O) groups excluding carboxylic acids is 2. The third-order valence-corrected chi connectivity index (χ3v) is 5.06. The number of imide groups is 1. The Bertz CT molecular complexity index is 879. The van der Waals surface area contributed by atoms with Crippen molar-refractivity contribution in [1.29, 1.82) is 0 Å². The molecule has 0 aromatic heterocycles. The molecular weight excluding hydrogens is 346 g/mol. The molecule has 4 rings (SSSR count). The fourth-order valence-electron chi connectivity index (χ4n) is 3.62. The Labute approximate surface area is 157 Å². The largest absolute Gasteiger partial charge is 0.496 e. The van der Waals surface area contributed by atoms with Crippen molar-refractivity contribution in [2.45, 2.75) is 19.3 Å². The average Bonchev–Trinajstić information content (AvgIpc) is 3.25. The van der Waals surface area contributed by atoms with Crippen LogP contribution in [0.1, 0.15) is 17.5 Å². The number of para-hydroxylation sites is 1. The second-order valence-corrected chi connectivity index (χ2v) is 6.74. The molecular formula is C21H21NO5. The van der Waals surface area contributed by atoms with E-state index in [-0.39, 0.29) is 30.9 Å². The predicted molar refractivity (Wildman–Crippen MR) is 97.8 cm³/mol. The summed E-state index contributed by atoms with van der Waals surface area (Å²) in [4.78, 5) is 26.5. The van der Waals surface area contributed by atoms with Gasteiger partial charge in [-0.25, -0.2) is 0 Å². The lowest BCUT2D eigenvalue weighted by atomic mass is 9.97. The van der Waals surface area contributed by atoms with Crippen LogP contribution in [0.15, 0.2) is 42.5 Å². The van der Waals surface area contributed by atoms with E-state index < -0.39 is 0 Å². The fraction of sp³-hybridized carbons (Fsp3) is 0.333. The maximum atomic E-state index is 12.7. The second-order valence-electron chi connectivity index (χ2n) is 6.74. The lowest BCUT2D eigenvalue weighted by molar-refractivity contribution is -0.139. The average molecular weight is 367 g/mol. The Kier molecular flexibility index (Phi) is 4.71. The van der Waals surface area contributed by atoms with E-state index in [2.05, 4.69) is 0 Å². The van der Waals surface area contributed by atoms with Crippen molar-refractivity contribution in [1.82, 2.24) is 4.90 Å². The van der Waals surface area contributed by atoms with Gasteiger partial charge in [0.15, 0.2) is 11.5 Å².